The molecule has 2 aromatic rings. The van der Waals surface area contributed by atoms with Gasteiger partial charge in [0.05, 0.1) is 12.9 Å². The van der Waals surface area contributed by atoms with Crippen LogP contribution in [0.2, 0.25) is 5.02 Å². The maximum absolute atomic E-state index is 11.9. The van der Waals surface area contributed by atoms with Crippen LogP contribution in [0.25, 0.3) is 0 Å². The third-order valence-electron chi connectivity index (χ3n) is 2.69. The van der Waals surface area contributed by atoms with Crippen molar-refractivity contribution in [3.05, 3.63) is 47.5 Å². The molecule has 0 saturated heterocycles. The molecule has 0 saturated carbocycles. The fraction of sp³-hybridized carbons (Fsp3) is 0.133. The summed E-state index contributed by atoms with van der Waals surface area (Å²) >= 11 is 7.23. The van der Waals surface area contributed by atoms with Crippen LogP contribution in [0.4, 0.5) is 11.4 Å². The molecule has 0 fully saturated rings. The lowest BCUT2D eigenvalue weighted by atomic mass is 10.3. The summed E-state index contributed by atoms with van der Waals surface area (Å²) in [5.41, 5.74) is 7.17. The van der Waals surface area contributed by atoms with E-state index in [0.29, 0.717) is 22.1 Å². The Balaban J connectivity index is 1.95. The lowest BCUT2D eigenvalue weighted by Crippen LogP contribution is -2.14. The highest BCUT2D eigenvalue weighted by Gasteiger charge is 2.07. The number of carbonyl (C=O) groups excluding carboxylic acids is 1. The average molecular weight is 323 g/mol. The summed E-state index contributed by atoms with van der Waals surface area (Å²) in [6.45, 7) is 0. The molecule has 2 aromatic carbocycles. The Morgan fingerprint density at radius 3 is 2.86 bits per heavy atom. The number of amides is 1. The van der Waals surface area contributed by atoms with E-state index in [4.69, 9.17) is 22.1 Å². The number of thioether (sulfide) groups is 1. The third-order valence-corrected chi connectivity index (χ3v) is 3.99. The van der Waals surface area contributed by atoms with Crippen molar-refractivity contribution in [3.63, 3.8) is 0 Å². The highest BCUT2D eigenvalue weighted by molar-refractivity contribution is 8.00. The molecule has 0 radical (unpaired) electrons. The van der Waals surface area contributed by atoms with Gasteiger partial charge in [-0.25, -0.2) is 0 Å². The smallest absolute Gasteiger partial charge is 0.234 e. The topological polar surface area (TPSA) is 64.3 Å². The van der Waals surface area contributed by atoms with Gasteiger partial charge in [0.15, 0.2) is 0 Å². The van der Waals surface area contributed by atoms with Gasteiger partial charge in [-0.3, -0.25) is 4.79 Å². The Kier molecular flexibility index (Phi) is 5.36. The van der Waals surface area contributed by atoms with Crippen molar-refractivity contribution in [3.8, 4) is 5.75 Å². The minimum absolute atomic E-state index is 0.121. The lowest BCUT2D eigenvalue weighted by Gasteiger charge is -2.08. The summed E-state index contributed by atoms with van der Waals surface area (Å²) in [5, 5.41) is 3.37. The molecule has 1 amide bonds. The van der Waals surface area contributed by atoms with Crippen molar-refractivity contribution < 1.29 is 9.53 Å². The molecule has 0 aliphatic heterocycles. The molecule has 0 bridgehead atoms. The summed E-state index contributed by atoms with van der Waals surface area (Å²) < 4.78 is 5.14. The number of hydrogen-bond acceptors (Lipinski definition) is 4. The number of anilines is 2. The summed E-state index contributed by atoms with van der Waals surface area (Å²) in [7, 11) is 1.59. The molecular weight excluding hydrogens is 308 g/mol. The first kappa shape index (κ1) is 15.5. The minimum atomic E-state index is -0.121. The van der Waals surface area contributed by atoms with Crippen molar-refractivity contribution in [1.29, 1.82) is 0 Å². The zero-order valence-corrected chi connectivity index (χ0v) is 13.0. The van der Waals surface area contributed by atoms with Crippen LogP contribution in [-0.4, -0.2) is 18.8 Å². The van der Waals surface area contributed by atoms with Gasteiger partial charge in [-0.05, 0) is 36.4 Å². The quantitative estimate of drug-likeness (QED) is 0.651. The van der Waals surface area contributed by atoms with Crippen LogP contribution in [0.1, 0.15) is 0 Å². The number of nitrogens with one attached hydrogen (secondary N) is 1. The third kappa shape index (κ3) is 4.58. The number of rotatable bonds is 5. The molecular formula is C15H15ClN2O2S. The number of halogens is 1. The predicted molar refractivity (Wildman–Crippen MR) is 88.2 cm³/mol. The molecule has 0 aliphatic carbocycles. The van der Waals surface area contributed by atoms with Crippen LogP contribution in [0, 0.1) is 0 Å². The Morgan fingerprint density at radius 1 is 1.33 bits per heavy atom. The predicted octanol–water partition coefficient (Wildman–Crippen LogP) is 3.66. The Morgan fingerprint density at radius 2 is 2.14 bits per heavy atom. The number of methoxy groups -OCH3 is 1. The number of carbonyl (C=O) groups is 1. The number of benzene rings is 2. The molecule has 0 spiro atoms. The fourth-order valence-electron chi connectivity index (χ4n) is 1.67. The first-order valence-corrected chi connectivity index (χ1v) is 7.56. The maximum atomic E-state index is 11.9. The monoisotopic (exact) mass is 322 g/mol. The van der Waals surface area contributed by atoms with E-state index >= 15 is 0 Å². The van der Waals surface area contributed by atoms with Crippen LogP contribution >= 0.6 is 23.4 Å². The standard InChI is InChI=1S/C15H15ClN2O2S/c1-20-12-5-6-13(17)14(8-12)21-9-15(19)18-11-4-2-3-10(16)7-11/h2-8H,9,17H2,1H3,(H,18,19). The SMILES string of the molecule is COc1ccc(N)c(SCC(=O)Nc2cccc(Cl)c2)c1. The van der Waals surface area contributed by atoms with Gasteiger partial charge >= 0.3 is 0 Å². The van der Waals surface area contributed by atoms with E-state index in [1.54, 1.807) is 43.5 Å². The number of nitrogen functional groups attached to an aromatic ring is 1. The van der Waals surface area contributed by atoms with Gasteiger partial charge in [-0.1, -0.05) is 17.7 Å². The van der Waals surface area contributed by atoms with Crippen LogP contribution in [0.15, 0.2) is 47.4 Å². The molecule has 2 rings (SSSR count). The van der Waals surface area contributed by atoms with Gasteiger partial charge in [-0.2, -0.15) is 0 Å². The van der Waals surface area contributed by atoms with E-state index in [1.807, 2.05) is 6.07 Å². The van der Waals surface area contributed by atoms with Crippen molar-refractivity contribution in [2.45, 2.75) is 4.90 Å². The molecule has 3 N–H and O–H groups in total. The van der Waals surface area contributed by atoms with Gasteiger partial charge in [-0.15, -0.1) is 11.8 Å². The minimum Gasteiger partial charge on any atom is -0.497 e. The number of hydrogen-bond donors (Lipinski definition) is 2. The van der Waals surface area contributed by atoms with Crippen molar-refractivity contribution >= 4 is 40.6 Å². The Hall–Kier alpha value is -1.85. The second kappa shape index (κ2) is 7.24. The lowest BCUT2D eigenvalue weighted by molar-refractivity contribution is -0.113. The van der Waals surface area contributed by atoms with E-state index in [9.17, 15) is 4.79 Å². The van der Waals surface area contributed by atoms with Gasteiger partial charge in [0.1, 0.15) is 5.75 Å². The molecule has 0 aliphatic rings. The number of nitrogens with two attached hydrogens (primary N) is 1. The highest BCUT2D eigenvalue weighted by Crippen LogP contribution is 2.29. The van der Waals surface area contributed by atoms with Gasteiger partial charge < -0.3 is 15.8 Å². The van der Waals surface area contributed by atoms with Crippen LogP contribution in [0.3, 0.4) is 0 Å². The van der Waals surface area contributed by atoms with Crippen molar-refractivity contribution in [1.82, 2.24) is 0 Å². The maximum Gasteiger partial charge on any atom is 0.234 e. The molecule has 0 aromatic heterocycles. The van der Waals surface area contributed by atoms with Gasteiger partial charge in [0.2, 0.25) is 5.91 Å². The zero-order valence-electron chi connectivity index (χ0n) is 11.4. The van der Waals surface area contributed by atoms with Crippen LogP contribution in [-0.2, 0) is 4.79 Å². The van der Waals surface area contributed by atoms with E-state index < -0.39 is 0 Å². The Labute approximate surface area is 132 Å². The largest absolute Gasteiger partial charge is 0.497 e. The molecule has 4 nitrogen and oxygen atoms in total. The van der Waals surface area contributed by atoms with E-state index in [-0.39, 0.29) is 11.7 Å². The average Bonchev–Trinajstić information content (AvgIpc) is 2.46. The van der Waals surface area contributed by atoms with Gasteiger partial charge in [0, 0.05) is 21.3 Å². The Bertz CT molecular complexity index is 649. The molecule has 6 heteroatoms. The van der Waals surface area contributed by atoms with E-state index in [1.165, 1.54) is 11.8 Å². The molecule has 21 heavy (non-hydrogen) atoms. The highest BCUT2D eigenvalue weighted by atomic mass is 35.5. The molecule has 110 valence electrons. The van der Waals surface area contributed by atoms with E-state index in [0.717, 1.165) is 4.90 Å². The summed E-state index contributed by atoms with van der Waals surface area (Å²) in [5.74, 6) is 0.843. The summed E-state index contributed by atoms with van der Waals surface area (Å²) in [6, 6.07) is 12.4. The first-order valence-electron chi connectivity index (χ1n) is 6.20. The zero-order chi connectivity index (χ0) is 15.2. The van der Waals surface area contributed by atoms with Crippen LogP contribution < -0.4 is 15.8 Å². The van der Waals surface area contributed by atoms with Gasteiger partial charge in [0.25, 0.3) is 0 Å². The molecule has 0 unspecified atom stereocenters. The summed E-state index contributed by atoms with van der Waals surface area (Å²) in [4.78, 5) is 12.7. The van der Waals surface area contributed by atoms with E-state index in [2.05, 4.69) is 5.32 Å². The second-order valence-electron chi connectivity index (χ2n) is 4.25. The molecule has 0 heterocycles. The summed E-state index contributed by atoms with van der Waals surface area (Å²) in [6.07, 6.45) is 0. The first-order chi connectivity index (χ1) is 10.1. The fourth-order valence-corrected chi connectivity index (χ4v) is 2.66. The molecule has 0 atom stereocenters. The van der Waals surface area contributed by atoms with Crippen LogP contribution in [0.5, 0.6) is 5.75 Å². The second-order valence-corrected chi connectivity index (χ2v) is 5.70. The normalized spacial score (nSPS) is 10.2. The number of ether oxygens (including phenoxy) is 1. The van der Waals surface area contributed by atoms with Crippen molar-refractivity contribution in [2.75, 3.05) is 23.9 Å². The van der Waals surface area contributed by atoms with Crippen molar-refractivity contribution in [2.24, 2.45) is 0 Å².